The van der Waals surface area contributed by atoms with Gasteiger partial charge >= 0.3 is 0 Å². The smallest absolute Gasteiger partial charge is 0.139 e. The number of nitrogens with one attached hydrogen (secondary N) is 1. The Morgan fingerprint density at radius 2 is 2.05 bits per heavy atom. The van der Waals surface area contributed by atoms with Crippen LogP contribution in [0.3, 0.4) is 0 Å². The van der Waals surface area contributed by atoms with Gasteiger partial charge in [-0.2, -0.15) is 0 Å². The largest absolute Gasteiger partial charge is 0.314 e. The maximum Gasteiger partial charge on any atom is 0.139 e. The van der Waals surface area contributed by atoms with Crippen molar-refractivity contribution in [2.45, 2.75) is 50.5 Å². The molecule has 1 aliphatic carbocycles. The summed E-state index contributed by atoms with van der Waals surface area (Å²) in [7, 11) is 1.95. The van der Waals surface area contributed by atoms with Crippen LogP contribution < -0.4 is 5.32 Å². The molecule has 1 N–H and O–H groups in total. The molecule has 1 aromatic carbocycles. The van der Waals surface area contributed by atoms with E-state index in [-0.39, 0.29) is 17.1 Å². The minimum absolute atomic E-state index is 0.0260. The van der Waals surface area contributed by atoms with E-state index in [4.69, 9.17) is 0 Å². The lowest BCUT2D eigenvalue weighted by Gasteiger charge is -2.36. The second kappa shape index (κ2) is 6.81. The summed E-state index contributed by atoms with van der Waals surface area (Å²) < 4.78 is 13.7. The van der Waals surface area contributed by atoms with E-state index in [9.17, 15) is 9.18 Å². The number of benzene rings is 1. The zero-order valence-electron chi connectivity index (χ0n) is 11.8. The number of halogens is 2. The summed E-state index contributed by atoms with van der Waals surface area (Å²) in [6, 6.07) is 4.50. The van der Waals surface area contributed by atoms with E-state index in [0.717, 1.165) is 18.4 Å². The zero-order chi connectivity index (χ0) is 14.6. The van der Waals surface area contributed by atoms with Crippen molar-refractivity contribution in [2.75, 3.05) is 7.05 Å². The summed E-state index contributed by atoms with van der Waals surface area (Å²) in [5, 5.41) is 3.37. The Kier molecular flexibility index (Phi) is 5.33. The van der Waals surface area contributed by atoms with Crippen LogP contribution in [-0.2, 0) is 11.2 Å². The molecule has 0 radical (unpaired) electrons. The van der Waals surface area contributed by atoms with Gasteiger partial charge in [0.05, 0.1) is 0 Å². The van der Waals surface area contributed by atoms with Gasteiger partial charge in [0.1, 0.15) is 11.6 Å². The van der Waals surface area contributed by atoms with Crippen molar-refractivity contribution >= 4 is 21.7 Å². The number of carbonyl (C=O) groups is 1. The molecule has 20 heavy (non-hydrogen) atoms. The number of hydrogen-bond donors (Lipinski definition) is 1. The van der Waals surface area contributed by atoms with Gasteiger partial charge in [-0.1, -0.05) is 41.3 Å². The van der Waals surface area contributed by atoms with Crippen molar-refractivity contribution in [3.8, 4) is 0 Å². The van der Waals surface area contributed by atoms with E-state index in [1.165, 1.54) is 31.4 Å². The number of hydrogen-bond acceptors (Lipinski definition) is 2. The van der Waals surface area contributed by atoms with E-state index in [1.807, 2.05) is 7.05 Å². The topological polar surface area (TPSA) is 29.1 Å². The zero-order valence-corrected chi connectivity index (χ0v) is 13.4. The number of Topliss-reactive ketones (excluding diaryl/α,β-unsaturated/α-hetero) is 1. The van der Waals surface area contributed by atoms with E-state index in [1.54, 1.807) is 6.07 Å². The molecule has 0 heterocycles. The Hall–Kier alpha value is -0.740. The van der Waals surface area contributed by atoms with Crippen molar-refractivity contribution in [3.05, 3.63) is 34.1 Å². The molecule has 0 unspecified atom stereocenters. The quantitative estimate of drug-likeness (QED) is 0.876. The summed E-state index contributed by atoms with van der Waals surface area (Å²) in [5.41, 5.74) is 0.834. The van der Waals surface area contributed by atoms with Crippen molar-refractivity contribution < 1.29 is 9.18 Å². The van der Waals surface area contributed by atoms with Crippen molar-refractivity contribution in [1.82, 2.24) is 5.32 Å². The van der Waals surface area contributed by atoms with E-state index in [2.05, 4.69) is 21.2 Å². The third kappa shape index (κ3) is 3.89. The highest BCUT2D eigenvalue weighted by atomic mass is 79.9. The first-order valence-electron chi connectivity index (χ1n) is 7.19. The van der Waals surface area contributed by atoms with Crippen molar-refractivity contribution in [3.63, 3.8) is 0 Å². The van der Waals surface area contributed by atoms with Gasteiger partial charge in [0.2, 0.25) is 0 Å². The third-order valence-corrected chi connectivity index (χ3v) is 5.02. The average Bonchev–Trinajstić information content (AvgIpc) is 2.43. The molecule has 1 aliphatic rings. The van der Waals surface area contributed by atoms with Crippen LogP contribution in [0.2, 0.25) is 0 Å². The van der Waals surface area contributed by atoms with Gasteiger partial charge in [-0.05, 0) is 37.6 Å². The minimum Gasteiger partial charge on any atom is -0.314 e. The predicted octanol–water partition coefficient (Wildman–Crippen LogP) is 4.01. The van der Waals surface area contributed by atoms with Crippen LogP contribution in [-0.4, -0.2) is 18.4 Å². The number of rotatable bonds is 5. The number of carbonyl (C=O) groups excluding carboxylic acids is 1. The molecule has 2 rings (SSSR count). The molecule has 1 saturated carbocycles. The van der Waals surface area contributed by atoms with Crippen LogP contribution >= 0.6 is 15.9 Å². The van der Waals surface area contributed by atoms with Gasteiger partial charge < -0.3 is 5.32 Å². The van der Waals surface area contributed by atoms with Gasteiger partial charge in [-0.25, -0.2) is 4.39 Å². The van der Waals surface area contributed by atoms with Crippen LogP contribution in [0.25, 0.3) is 0 Å². The van der Waals surface area contributed by atoms with Gasteiger partial charge in [0.15, 0.2) is 0 Å². The highest BCUT2D eigenvalue weighted by Crippen LogP contribution is 2.31. The van der Waals surface area contributed by atoms with Gasteiger partial charge in [0, 0.05) is 22.9 Å². The normalized spacial score (nSPS) is 17.9. The Balaban J connectivity index is 2.00. The van der Waals surface area contributed by atoms with Gasteiger partial charge in [0.25, 0.3) is 0 Å². The molecule has 0 spiro atoms. The minimum atomic E-state index is -0.285. The Labute approximate surface area is 128 Å². The Morgan fingerprint density at radius 1 is 1.35 bits per heavy atom. The summed E-state index contributed by atoms with van der Waals surface area (Å²) >= 11 is 3.32. The fraction of sp³-hybridized carbons (Fsp3) is 0.562. The van der Waals surface area contributed by atoms with Crippen LogP contribution in [0.1, 0.15) is 44.1 Å². The lowest BCUT2D eigenvalue weighted by molar-refractivity contribution is -0.120. The van der Waals surface area contributed by atoms with Gasteiger partial charge in [-0.15, -0.1) is 0 Å². The fourth-order valence-corrected chi connectivity index (χ4v) is 3.55. The van der Waals surface area contributed by atoms with Crippen molar-refractivity contribution in [1.29, 1.82) is 0 Å². The molecular weight excluding hydrogens is 321 g/mol. The lowest BCUT2D eigenvalue weighted by atomic mass is 9.78. The van der Waals surface area contributed by atoms with E-state index < -0.39 is 0 Å². The molecule has 1 fully saturated rings. The molecule has 1 aromatic rings. The van der Waals surface area contributed by atoms with Crippen molar-refractivity contribution in [2.24, 2.45) is 0 Å². The van der Waals surface area contributed by atoms with E-state index in [0.29, 0.717) is 17.3 Å². The third-order valence-electron chi connectivity index (χ3n) is 4.28. The second-order valence-electron chi connectivity index (χ2n) is 5.72. The first-order chi connectivity index (χ1) is 9.54. The molecule has 4 heteroatoms. The highest BCUT2D eigenvalue weighted by Gasteiger charge is 2.32. The second-order valence-corrected chi connectivity index (χ2v) is 6.57. The molecule has 0 saturated heterocycles. The summed E-state index contributed by atoms with van der Waals surface area (Å²) in [6.45, 7) is 0. The summed E-state index contributed by atoms with van der Waals surface area (Å²) in [4.78, 5) is 12.3. The molecule has 0 aromatic heterocycles. The molecular formula is C16H21BrFNO. The fourth-order valence-electron chi connectivity index (χ4n) is 3.06. The molecule has 0 atom stereocenters. The maximum absolute atomic E-state index is 13.0. The number of ketones is 1. The van der Waals surface area contributed by atoms with E-state index >= 15 is 0 Å². The highest BCUT2D eigenvalue weighted by molar-refractivity contribution is 9.10. The average molecular weight is 342 g/mol. The molecule has 0 amide bonds. The van der Waals surface area contributed by atoms with Crippen LogP contribution in [0.5, 0.6) is 0 Å². The molecule has 110 valence electrons. The summed E-state index contributed by atoms with van der Waals surface area (Å²) in [6.07, 6.45) is 6.71. The first-order valence-corrected chi connectivity index (χ1v) is 7.98. The SMILES string of the molecule is CNC1(CC(=O)Cc2ccc(F)cc2Br)CCCCC1. The monoisotopic (exact) mass is 341 g/mol. The molecule has 0 bridgehead atoms. The van der Waals surface area contributed by atoms with Crippen LogP contribution in [0, 0.1) is 5.82 Å². The van der Waals surface area contributed by atoms with Crippen LogP contribution in [0.15, 0.2) is 22.7 Å². The first kappa shape index (κ1) is 15.6. The van der Waals surface area contributed by atoms with Gasteiger partial charge in [-0.3, -0.25) is 4.79 Å². The Morgan fingerprint density at radius 3 is 2.65 bits per heavy atom. The summed E-state index contributed by atoms with van der Waals surface area (Å²) in [5.74, 6) is -0.0689. The molecule has 0 aliphatic heterocycles. The van der Waals surface area contributed by atoms with Crippen LogP contribution in [0.4, 0.5) is 4.39 Å². The Bertz CT molecular complexity index is 483. The molecule has 2 nitrogen and oxygen atoms in total. The lowest BCUT2D eigenvalue weighted by Crippen LogP contribution is -2.46. The standard InChI is InChI=1S/C16H21BrFNO/c1-19-16(7-3-2-4-8-16)11-14(20)9-12-5-6-13(18)10-15(12)17/h5-6,10,19H,2-4,7-9,11H2,1H3. The maximum atomic E-state index is 13.0. The predicted molar refractivity (Wildman–Crippen MR) is 82.3 cm³/mol.